The van der Waals surface area contributed by atoms with Crippen LogP contribution >= 0.6 is 11.6 Å². The SMILES string of the molecule is CCCNc1c(C(=O)OCC)c(=O)[nH]c2ccc(Cl)cc12. The van der Waals surface area contributed by atoms with Gasteiger partial charge in [0.2, 0.25) is 0 Å². The number of aromatic amines is 1. The van der Waals surface area contributed by atoms with Gasteiger partial charge in [-0.1, -0.05) is 18.5 Å². The number of hydrogen-bond acceptors (Lipinski definition) is 4. The number of hydrogen-bond donors (Lipinski definition) is 2. The summed E-state index contributed by atoms with van der Waals surface area (Å²) in [4.78, 5) is 26.9. The fourth-order valence-electron chi connectivity index (χ4n) is 2.10. The Labute approximate surface area is 127 Å². The zero-order valence-corrected chi connectivity index (χ0v) is 12.7. The molecule has 0 amide bonds. The highest BCUT2D eigenvalue weighted by atomic mass is 35.5. The lowest BCUT2D eigenvalue weighted by molar-refractivity contribution is 0.0525. The van der Waals surface area contributed by atoms with Crippen molar-refractivity contribution in [2.75, 3.05) is 18.5 Å². The highest BCUT2D eigenvalue weighted by molar-refractivity contribution is 6.31. The number of carbonyl (C=O) groups is 1. The highest BCUT2D eigenvalue weighted by Gasteiger charge is 2.20. The first-order valence-electron chi connectivity index (χ1n) is 6.85. The van der Waals surface area contributed by atoms with Crippen LogP contribution < -0.4 is 10.9 Å². The van der Waals surface area contributed by atoms with Gasteiger partial charge in [-0.2, -0.15) is 0 Å². The summed E-state index contributed by atoms with van der Waals surface area (Å²) < 4.78 is 4.98. The van der Waals surface area contributed by atoms with Crippen LogP contribution in [0.4, 0.5) is 5.69 Å². The van der Waals surface area contributed by atoms with E-state index >= 15 is 0 Å². The third-order valence-corrected chi connectivity index (χ3v) is 3.24. The Bertz CT molecular complexity index is 725. The van der Waals surface area contributed by atoms with E-state index in [-0.39, 0.29) is 12.2 Å². The van der Waals surface area contributed by atoms with E-state index in [1.807, 2.05) is 6.92 Å². The van der Waals surface area contributed by atoms with Gasteiger partial charge < -0.3 is 15.0 Å². The summed E-state index contributed by atoms with van der Waals surface area (Å²) in [6, 6.07) is 5.12. The molecule has 0 unspecified atom stereocenters. The van der Waals surface area contributed by atoms with E-state index < -0.39 is 11.5 Å². The van der Waals surface area contributed by atoms with Crippen molar-refractivity contribution in [1.29, 1.82) is 0 Å². The summed E-state index contributed by atoms with van der Waals surface area (Å²) in [5.41, 5.74) is 0.606. The van der Waals surface area contributed by atoms with E-state index in [0.717, 1.165) is 6.42 Å². The van der Waals surface area contributed by atoms with Gasteiger partial charge in [0.15, 0.2) is 0 Å². The number of ether oxygens (including phenoxy) is 1. The monoisotopic (exact) mass is 308 g/mol. The van der Waals surface area contributed by atoms with Crippen LogP contribution in [0.5, 0.6) is 0 Å². The predicted molar refractivity (Wildman–Crippen MR) is 84.3 cm³/mol. The van der Waals surface area contributed by atoms with Gasteiger partial charge >= 0.3 is 5.97 Å². The van der Waals surface area contributed by atoms with Crippen molar-refractivity contribution in [3.05, 3.63) is 39.1 Å². The van der Waals surface area contributed by atoms with E-state index in [2.05, 4.69) is 10.3 Å². The van der Waals surface area contributed by atoms with Crippen LogP contribution in [0.1, 0.15) is 30.6 Å². The normalized spacial score (nSPS) is 10.6. The van der Waals surface area contributed by atoms with Crippen molar-refractivity contribution < 1.29 is 9.53 Å². The van der Waals surface area contributed by atoms with Gasteiger partial charge in [0.25, 0.3) is 5.56 Å². The lowest BCUT2D eigenvalue weighted by Gasteiger charge is -2.13. The molecule has 0 fully saturated rings. The Hall–Kier alpha value is -2.01. The van der Waals surface area contributed by atoms with Gasteiger partial charge in [0.05, 0.1) is 17.8 Å². The minimum absolute atomic E-state index is 0.0138. The van der Waals surface area contributed by atoms with Crippen LogP contribution in [0, 0.1) is 0 Å². The maximum Gasteiger partial charge on any atom is 0.345 e. The Morgan fingerprint density at radius 3 is 2.81 bits per heavy atom. The number of esters is 1. The summed E-state index contributed by atoms with van der Waals surface area (Å²) >= 11 is 6.02. The smallest absolute Gasteiger partial charge is 0.345 e. The van der Waals surface area contributed by atoms with Crippen LogP contribution in [-0.2, 0) is 4.74 Å². The van der Waals surface area contributed by atoms with Crippen molar-refractivity contribution in [2.24, 2.45) is 0 Å². The van der Waals surface area contributed by atoms with E-state index in [0.29, 0.717) is 28.2 Å². The van der Waals surface area contributed by atoms with Crippen LogP contribution in [0.2, 0.25) is 5.02 Å². The second-order valence-corrected chi connectivity index (χ2v) is 4.98. The standard InChI is InChI=1S/C15H17ClN2O3/c1-3-7-17-13-10-8-9(16)5-6-11(10)18-14(19)12(13)15(20)21-4-2/h5-6,8H,3-4,7H2,1-2H3,(H2,17,18,19). The second kappa shape index (κ2) is 6.63. The number of benzene rings is 1. The predicted octanol–water partition coefficient (Wildman–Crippen LogP) is 3.18. The minimum Gasteiger partial charge on any atom is -0.462 e. The molecule has 2 aromatic rings. The molecule has 112 valence electrons. The topological polar surface area (TPSA) is 71.2 Å². The molecule has 0 bridgehead atoms. The number of H-pyrrole nitrogens is 1. The molecule has 1 heterocycles. The van der Waals surface area contributed by atoms with Gasteiger partial charge in [-0.25, -0.2) is 4.79 Å². The second-order valence-electron chi connectivity index (χ2n) is 4.54. The van der Waals surface area contributed by atoms with Gasteiger partial charge in [-0.15, -0.1) is 0 Å². The fraction of sp³-hybridized carbons (Fsp3) is 0.333. The molecule has 2 rings (SSSR count). The molecule has 0 saturated heterocycles. The lowest BCUT2D eigenvalue weighted by Crippen LogP contribution is -2.23. The van der Waals surface area contributed by atoms with Crippen molar-refractivity contribution in [3.63, 3.8) is 0 Å². The quantitative estimate of drug-likeness (QED) is 0.832. The lowest BCUT2D eigenvalue weighted by atomic mass is 10.1. The molecule has 1 aromatic carbocycles. The van der Waals surface area contributed by atoms with Crippen molar-refractivity contribution in [2.45, 2.75) is 20.3 Å². The number of carbonyl (C=O) groups excluding carboxylic acids is 1. The van der Waals surface area contributed by atoms with Crippen molar-refractivity contribution in [3.8, 4) is 0 Å². The molecule has 2 N–H and O–H groups in total. The Kier molecular flexibility index (Phi) is 4.85. The summed E-state index contributed by atoms with van der Waals surface area (Å²) in [6.45, 7) is 4.54. The summed E-state index contributed by atoms with van der Waals surface area (Å²) in [6.07, 6.45) is 0.858. The summed E-state index contributed by atoms with van der Waals surface area (Å²) in [5.74, 6) is -0.640. The number of halogens is 1. The van der Waals surface area contributed by atoms with E-state index in [1.54, 1.807) is 25.1 Å². The molecule has 0 spiro atoms. The zero-order chi connectivity index (χ0) is 15.4. The third kappa shape index (κ3) is 3.19. The Morgan fingerprint density at radius 1 is 1.38 bits per heavy atom. The molecule has 21 heavy (non-hydrogen) atoms. The molecule has 6 heteroatoms. The minimum atomic E-state index is -0.640. The maximum absolute atomic E-state index is 12.2. The molecular weight excluding hydrogens is 292 g/mol. The van der Waals surface area contributed by atoms with Crippen molar-refractivity contribution >= 4 is 34.2 Å². The van der Waals surface area contributed by atoms with Gasteiger partial charge in [0.1, 0.15) is 5.56 Å². The van der Waals surface area contributed by atoms with Gasteiger partial charge in [0, 0.05) is 17.0 Å². The van der Waals surface area contributed by atoms with Gasteiger partial charge in [-0.3, -0.25) is 4.79 Å². The van der Waals surface area contributed by atoms with E-state index in [9.17, 15) is 9.59 Å². The highest BCUT2D eigenvalue weighted by Crippen LogP contribution is 2.27. The Balaban J connectivity index is 2.72. The molecule has 0 aliphatic rings. The first-order chi connectivity index (χ1) is 10.1. The average molecular weight is 309 g/mol. The van der Waals surface area contributed by atoms with E-state index in [4.69, 9.17) is 16.3 Å². The van der Waals surface area contributed by atoms with Gasteiger partial charge in [-0.05, 0) is 31.5 Å². The fourth-order valence-corrected chi connectivity index (χ4v) is 2.27. The van der Waals surface area contributed by atoms with Crippen LogP contribution in [0.15, 0.2) is 23.0 Å². The third-order valence-electron chi connectivity index (χ3n) is 3.01. The van der Waals surface area contributed by atoms with E-state index in [1.165, 1.54) is 0 Å². The van der Waals surface area contributed by atoms with Crippen LogP contribution in [0.25, 0.3) is 10.9 Å². The number of fused-ring (bicyclic) bond motifs is 1. The molecule has 0 saturated carbocycles. The molecule has 1 aromatic heterocycles. The molecule has 0 radical (unpaired) electrons. The first-order valence-corrected chi connectivity index (χ1v) is 7.22. The molecule has 0 atom stereocenters. The molecule has 5 nitrogen and oxygen atoms in total. The number of rotatable bonds is 5. The Morgan fingerprint density at radius 2 is 2.14 bits per heavy atom. The van der Waals surface area contributed by atoms with Crippen LogP contribution in [0.3, 0.4) is 0 Å². The largest absolute Gasteiger partial charge is 0.462 e. The van der Waals surface area contributed by atoms with Crippen LogP contribution in [-0.4, -0.2) is 24.1 Å². The molecular formula is C15H17ClN2O3. The zero-order valence-electron chi connectivity index (χ0n) is 12.0. The number of anilines is 1. The number of nitrogens with one attached hydrogen (secondary N) is 2. The number of pyridine rings is 1. The summed E-state index contributed by atoms with van der Waals surface area (Å²) in [5, 5.41) is 4.36. The van der Waals surface area contributed by atoms with Crippen molar-refractivity contribution in [1.82, 2.24) is 4.98 Å². The number of aromatic nitrogens is 1. The first kappa shape index (κ1) is 15.4. The maximum atomic E-state index is 12.2. The molecule has 0 aliphatic heterocycles. The molecule has 0 aliphatic carbocycles. The average Bonchev–Trinajstić information content (AvgIpc) is 2.45. The summed E-state index contributed by atoms with van der Waals surface area (Å²) in [7, 11) is 0.